The third-order valence-electron chi connectivity index (χ3n) is 6.95. The Hall–Kier alpha value is -4.85. The van der Waals surface area contributed by atoms with Crippen LogP contribution in [0, 0.1) is 0 Å². The number of carbonyl (C=O) groups is 1. The Morgan fingerprint density at radius 2 is 1.84 bits per heavy atom. The lowest BCUT2D eigenvalue weighted by Crippen LogP contribution is -2.41. The van der Waals surface area contributed by atoms with Crippen LogP contribution in [0.2, 0.25) is 0 Å². The van der Waals surface area contributed by atoms with Gasteiger partial charge in [-0.05, 0) is 50.1 Å². The van der Waals surface area contributed by atoms with Crippen LogP contribution >= 0.6 is 0 Å². The predicted octanol–water partition coefficient (Wildman–Crippen LogP) is 4.82. The number of amidine groups is 1. The molecule has 14 heteroatoms. The molecule has 12 nitrogen and oxygen atoms in total. The molecule has 0 atom stereocenters. The van der Waals surface area contributed by atoms with Gasteiger partial charge >= 0.3 is 12.5 Å². The van der Waals surface area contributed by atoms with Gasteiger partial charge < -0.3 is 14.1 Å². The third kappa shape index (κ3) is 6.04. The Kier molecular flexibility index (Phi) is 7.30. The van der Waals surface area contributed by atoms with E-state index in [1.807, 2.05) is 75.1 Å². The van der Waals surface area contributed by atoms with Gasteiger partial charge in [-0.2, -0.15) is 13.9 Å². The predicted molar refractivity (Wildman–Crippen MR) is 152 cm³/mol. The maximum Gasteiger partial charge on any atom is 0.410 e. The summed E-state index contributed by atoms with van der Waals surface area (Å²) in [7, 11) is 1.86. The van der Waals surface area contributed by atoms with E-state index < -0.39 is 17.9 Å². The van der Waals surface area contributed by atoms with Crippen molar-refractivity contribution >= 4 is 11.9 Å². The number of nitrogens with one attached hydrogen (secondary N) is 1. The third-order valence-corrected chi connectivity index (χ3v) is 6.95. The topological polar surface area (TPSA) is 117 Å². The SMILES string of the molecule is CN1NC(c2cccc(-c3cnn4c3CN(C(=O)OC(C)(C)C)CC4)c2)=NN1Cc1ccc(-c2nnc(C(F)F)o2)cc1. The van der Waals surface area contributed by atoms with Gasteiger partial charge in [0.25, 0.3) is 5.89 Å². The molecule has 6 rings (SSSR count). The monoisotopic (exact) mass is 591 g/mol. The first-order valence-electron chi connectivity index (χ1n) is 13.7. The van der Waals surface area contributed by atoms with E-state index in [0.717, 1.165) is 27.9 Å². The van der Waals surface area contributed by atoms with Gasteiger partial charge in [-0.1, -0.05) is 30.3 Å². The van der Waals surface area contributed by atoms with Crippen LogP contribution in [-0.4, -0.2) is 66.2 Å². The van der Waals surface area contributed by atoms with Gasteiger partial charge in [0.1, 0.15) is 5.60 Å². The standard InChI is InChI=1S/C29H31F2N9O3/c1-29(2,3)43-28(41)38-12-13-39-23(17-38)22(15-32-39)20-6-5-7-21(14-20)25-35-37(4)40(36-25)16-18-8-10-19(11-9-18)26-33-34-27(42-26)24(30)31/h5-11,14-15,24H,12-13,16-17H2,1-4H3,(H,35,36). The molecule has 2 aliphatic rings. The van der Waals surface area contributed by atoms with Crippen molar-refractivity contribution in [3.05, 3.63) is 77.4 Å². The Morgan fingerprint density at radius 1 is 1.07 bits per heavy atom. The first-order valence-corrected chi connectivity index (χ1v) is 13.7. The molecule has 4 heterocycles. The van der Waals surface area contributed by atoms with Crippen LogP contribution in [0.1, 0.15) is 49.9 Å². The van der Waals surface area contributed by atoms with Crippen molar-refractivity contribution in [1.29, 1.82) is 0 Å². The highest BCUT2D eigenvalue weighted by atomic mass is 19.3. The van der Waals surface area contributed by atoms with Crippen LogP contribution < -0.4 is 5.43 Å². The zero-order valence-electron chi connectivity index (χ0n) is 24.2. The molecule has 2 aromatic carbocycles. The normalized spacial score (nSPS) is 15.5. The van der Waals surface area contributed by atoms with E-state index >= 15 is 0 Å². The summed E-state index contributed by atoms with van der Waals surface area (Å²) in [5, 5.41) is 20.0. The summed E-state index contributed by atoms with van der Waals surface area (Å²) in [6.45, 7) is 7.56. The average Bonchev–Trinajstić information content (AvgIpc) is 3.71. The second kappa shape index (κ2) is 11.1. The zero-order valence-corrected chi connectivity index (χ0v) is 24.2. The molecule has 43 heavy (non-hydrogen) atoms. The van der Waals surface area contributed by atoms with Crippen LogP contribution in [0.3, 0.4) is 0 Å². The molecule has 0 saturated carbocycles. The molecule has 0 fully saturated rings. The summed E-state index contributed by atoms with van der Waals surface area (Å²) in [5.74, 6) is 0.00726. The van der Waals surface area contributed by atoms with Crippen LogP contribution in [0.15, 0.2) is 64.2 Å². The molecule has 2 aliphatic heterocycles. The molecule has 2 aromatic heterocycles. The summed E-state index contributed by atoms with van der Waals surface area (Å²) in [5.41, 5.74) is 7.94. The van der Waals surface area contributed by atoms with Gasteiger partial charge in [-0.3, -0.25) is 10.1 Å². The highest BCUT2D eigenvalue weighted by Gasteiger charge is 2.29. The smallest absolute Gasteiger partial charge is 0.410 e. The number of aromatic nitrogens is 4. The first kappa shape index (κ1) is 28.3. The highest BCUT2D eigenvalue weighted by molar-refractivity contribution is 6.00. The highest BCUT2D eigenvalue weighted by Crippen LogP contribution is 2.29. The van der Waals surface area contributed by atoms with Crippen molar-refractivity contribution < 1.29 is 22.7 Å². The minimum absolute atomic E-state index is 0.0410. The number of hydrogen-bond acceptors (Lipinski definition) is 10. The van der Waals surface area contributed by atoms with Crippen molar-refractivity contribution in [1.82, 2.24) is 40.5 Å². The number of alkyl halides is 2. The minimum Gasteiger partial charge on any atom is -0.444 e. The molecule has 0 radical (unpaired) electrons. The van der Waals surface area contributed by atoms with Crippen molar-refractivity contribution in [3.63, 3.8) is 0 Å². The van der Waals surface area contributed by atoms with E-state index in [4.69, 9.17) is 14.3 Å². The second-order valence-electron chi connectivity index (χ2n) is 11.3. The zero-order chi connectivity index (χ0) is 30.3. The fourth-order valence-corrected chi connectivity index (χ4v) is 4.84. The fourth-order valence-electron chi connectivity index (χ4n) is 4.84. The molecule has 0 saturated heterocycles. The number of rotatable bonds is 6. The molecule has 1 N–H and O–H groups in total. The molecule has 0 unspecified atom stereocenters. The van der Waals surface area contributed by atoms with Crippen LogP contribution in [0.25, 0.3) is 22.6 Å². The van der Waals surface area contributed by atoms with Crippen molar-refractivity contribution in [2.24, 2.45) is 5.10 Å². The average molecular weight is 592 g/mol. The molecule has 0 bridgehead atoms. The Morgan fingerprint density at radius 3 is 2.56 bits per heavy atom. The summed E-state index contributed by atoms with van der Waals surface area (Å²) >= 11 is 0. The lowest BCUT2D eigenvalue weighted by molar-refractivity contribution is -0.00865. The van der Waals surface area contributed by atoms with Crippen LogP contribution in [0.4, 0.5) is 13.6 Å². The molecule has 0 aliphatic carbocycles. The van der Waals surface area contributed by atoms with Gasteiger partial charge in [-0.15, -0.1) is 20.4 Å². The van der Waals surface area contributed by atoms with E-state index in [-0.39, 0.29) is 12.0 Å². The van der Waals surface area contributed by atoms with Crippen molar-refractivity contribution in [2.45, 2.75) is 52.4 Å². The number of hydrogen-bond donors (Lipinski definition) is 1. The summed E-state index contributed by atoms with van der Waals surface area (Å²) in [6, 6.07) is 15.2. The van der Waals surface area contributed by atoms with Crippen LogP contribution in [-0.2, 0) is 24.4 Å². The van der Waals surface area contributed by atoms with E-state index in [0.29, 0.717) is 37.6 Å². The summed E-state index contributed by atoms with van der Waals surface area (Å²) in [4.78, 5) is 14.4. The first-order chi connectivity index (χ1) is 20.5. The number of ether oxygens (including phenoxy) is 1. The maximum atomic E-state index is 12.8. The molecular formula is C29H31F2N9O3. The van der Waals surface area contributed by atoms with Crippen molar-refractivity contribution in [3.8, 4) is 22.6 Å². The van der Waals surface area contributed by atoms with Gasteiger partial charge in [0.05, 0.1) is 31.5 Å². The van der Waals surface area contributed by atoms with E-state index in [1.165, 1.54) is 0 Å². The van der Waals surface area contributed by atoms with Gasteiger partial charge in [0.2, 0.25) is 5.89 Å². The molecule has 1 amide bonds. The van der Waals surface area contributed by atoms with Gasteiger partial charge in [0.15, 0.2) is 5.84 Å². The number of nitrogens with zero attached hydrogens (tertiary/aromatic N) is 8. The Bertz CT molecular complexity index is 1660. The lowest BCUT2D eigenvalue weighted by atomic mass is 10.0. The Balaban J connectivity index is 1.16. The largest absolute Gasteiger partial charge is 0.444 e. The number of hydrazine groups is 2. The van der Waals surface area contributed by atoms with E-state index in [2.05, 4.69) is 20.7 Å². The molecule has 0 spiro atoms. The fraction of sp³-hybridized carbons (Fsp3) is 0.345. The van der Waals surface area contributed by atoms with Gasteiger partial charge in [-0.25, -0.2) is 9.91 Å². The number of fused-ring (bicyclic) bond motifs is 1. The van der Waals surface area contributed by atoms with E-state index in [9.17, 15) is 13.6 Å². The second-order valence-corrected chi connectivity index (χ2v) is 11.3. The minimum atomic E-state index is -2.81. The quantitative estimate of drug-likeness (QED) is 0.337. The summed E-state index contributed by atoms with van der Waals surface area (Å²) < 4.78 is 38.1. The number of amides is 1. The van der Waals surface area contributed by atoms with E-state index in [1.54, 1.807) is 27.3 Å². The van der Waals surface area contributed by atoms with Crippen molar-refractivity contribution in [2.75, 3.05) is 13.6 Å². The molecule has 4 aromatic rings. The van der Waals surface area contributed by atoms with Crippen LogP contribution in [0.5, 0.6) is 0 Å². The molecular weight excluding hydrogens is 560 g/mol. The summed E-state index contributed by atoms with van der Waals surface area (Å²) in [6.07, 6.45) is -1.31. The Labute approximate surface area is 246 Å². The number of benzene rings is 2. The number of halogens is 2. The molecule has 224 valence electrons. The lowest BCUT2D eigenvalue weighted by Gasteiger charge is -2.30. The number of carbonyl (C=O) groups excluding carboxylic acids is 1. The van der Waals surface area contributed by atoms with Gasteiger partial charge in [0, 0.05) is 30.3 Å². The maximum absolute atomic E-state index is 12.8. The number of hydrazone groups is 1.